The minimum atomic E-state index is -1.18. The van der Waals surface area contributed by atoms with Gasteiger partial charge in [0.2, 0.25) is 0 Å². The van der Waals surface area contributed by atoms with E-state index in [0.717, 1.165) is 17.5 Å². The molecule has 0 saturated carbocycles. The van der Waals surface area contributed by atoms with Crippen molar-refractivity contribution in [3.8, 4) is 0 Å². The lowest BCUT2D eigenvalue weighted by Crippen LogP contribution is -2.32. The highest BCUT2D eigenvalue weighted by molar-refractivity contribution is 6.42. The number of anilines is 1. The predicted molar refractivity (Wildman–Crippen MR) is 93.6 cm³/mol. The highest BCUT2D eigenvalue weighted by Gasteiger charge is 2.39. The molecule has 3 nitrogen and oxygen atoms in total. The first kappa shape index (κ1) is 15.6. The average Bonchev–Trinajstić information content (AvgIpc) is 3.06. The molecule has 4 rings (SSSR count). The smallest absolute Gasteiger partial charge is 0.0736 e. The summed E-state index contributed by atoms with van der Waals surface area (Å²) in [4.78, 5) is 11.5. The summed E-state index contributed by atoms with van der Waals surface area (Å²) in [5.74, 6) is -0.762. The van der Waals surface area contributed by atoms with Gasteiger partial charge in [-0.2, -0.15) is 0 Å². The quantitative estimate of drug-likeness (QED) is 0.819. The topological polar surface area (TPSA) is 52.2 Å². The molecular formula is C19H14Cl2NO2-. The number of carboxylic acids is 1. The molecule has 0 saturated heterocycles. The zero-order chi connectivity index (χ0) is 16.8. The van der Waals surface area contributed by atoms with E-state index >= 15 is 0 Å². The molecule has 1 heterocycles. The largest absolute Gasteiger partial charge is 0.545 e. The van der Waals surface area contributed by atoms with Crippen LogP contribution in [-0.2, 0) is 0 Å². The van der Waals surface area contributed by atoms with Gasteiger partial charge in [0.1, 0.15) is 0 Å². The Morgan fingerprint density at radius 3 is 2.67 bits per heavy atom. The lowest BCUT2D eigenvalue weighted by atomic mass is 9.76. The first-order valence-corrected chi connectivity index (χ1v) is 8.55. The molecule has 3 atom stereocenters. The average molecular weight is 359 g/mol. The number of hydrogen-bond donors (Lipinski definition) is 1. The maximum Gasteiger partial charge on any atom is 0.0736 e. The molecule has 1 N–H and O–H groups in total. The van der Waals surface area contributed by atoms with Gasteiger partial charge >= 0.3 is 0 Å². The number of benzene rings is 2. The fourth-order valence-corrected chi connectivity index (χ4v) is 4.29. The van der Waals surface area contributed by atoms with E-state index in [1.54, 1.807) is 18.2 Å². The van der Waals surface area contributed by atoms with Crippen molar-refractivity contribution in [3.63, 3.8) is 0 Å². The number of allylic oxidation sites excluding steroid dienone is 2. The van der Waals surface area contributed by atoms with E-state index in [2.05, 4.69) is 17.5 Å². The molecule has 1 aliphatic carbocycles. The number of hydrogen-bond acceptors (Lipinski definition) is 3. The van der Waals surface area contributed by atoms with Gasteiger partial charge in [-0.25, -0.2) is 0 Å². The van der Waals surface area contributed by atoms with Crippen LogP contribution >= 0.6 is 23.2 Å². The highest BCUT2D eigenvalue weighted by atomic mass is 35.5. The van der Waals surface area contributed by atoms with Gasteiger partial charge in [0, 0.05) is 17.2 Å². The van der Waals surface area contributed by atoms with Crippen LogP contribution in [0.4, 0.5) is 5.69 Å². The van der Waals surface area contributed by atoms with E-state index in [9.17, 15) is 9.90 Å². The second-order valence-corrected chi connectivity index (χ2v) is 6.96. The van der Waals surface area contributed by atoms with Gasteiger partial charge in [0.15, 0.2) is 0 Å². The fourth-order valence-electron chi connectivity index (χ4n) is 3.86. The third-order valence-corrected chi connectivity index (χ3v) is 5.77. The SMILES string of the molecule is O=C([O-])c1cccc2c1N[C@@H](c1cccc(Cl)c1Cl)[C@H]1CC=C[C@H]21. The van der Waals surface area contributed by atoms with E-state index < -0.39 is 5.97 Å². The number of fused-ring (bicyclic) bond motifs is 3. The van der Waals surface area contributed by atoms with Gasteiger partial charge in [-0.1, -0.05) is 65.7 Å². The molecule has 1 aliphatic heterocycles. The van der Waals surface area contributed by atoms with Gasteiger partial charge in [-0.3, -0.25) is 0 Å². The number of carbonyl (C=O) groups is 1. The van der Waals surface area contributed by atoms with Crippen molar-refractivity contribution in [2.24, 2.45) is 5.92 Å². The second kappa shape index (κ2) is 5.83. The van der Waals surface area contributed by atoms with Gasteiger partial charge in [0.25, 0.3) is 0 Å². The molecule has 122 valence electrons. The minimum Gasteiger partial charge on any atom is -0.545 e. The zero-order valence-corrected chi connectivity index (χ0v) is 14.1. The first-order valence-electron chi connectivity index (χ1n) is 7.79. The van der Waals surface area contributed by atoms with Gasteiger partial charge in [-0.05, 0) is 29.5 Å². The van der Waals surface area contributed by atoms with Crippen LogP contribution < -0.4 is 10.4 Å². The number of nitrogens with one attached hydrogen (secondary N) is 1. The summed E-state index contributed by atoms with van der Waals surface area (Å²) in [6.07, 6.45) is 5.19. The van der Waals surface area contributed by atoms with Gasteiger partial charge in [-0.15, -0.1) is 0 Å². The number of carbonyl (C=O) groups excluding carboxylic acids is 1. The van der Waals surface area contributed by atoms with Crippen molar-refractivity contribution < 1.29 is 9.90 Å². The van der Waals surface area contributed by atoms with Gasteiger partial charge in [0.05, 0.1) is 22.1 Å². The maximum atomic E-state index is 11.5. The molecule has 0 spiro atoms. The van der Waals surface area contributed by atoms with Crippen LogP contribution in [0.1, 0.15) is 39.9 Å². The number of aromatic carboxylic acids is 1. The minimum absolute atomic E-state index is 0.107. The number of carboxylic acid groups (broad SMARTS) is 1. The molecule has 0 radical (unpaired) electrons. The molecule has 0 amide bonds. The van der Waals surface area contributed by atoms with E-state index in [4.69, 9.17) is 23.2 Å². The first-order chi connectivity index (χ1) is 11.6. The normalized spacial score (nSPS) is 24.2. The Hall–Kier alpha value is -1.97. The summed E-state index contributed by atoms with van der Waals surface area (Å²) in [5, 5.41) is 15.9. The van der Waals surface area contributed by atoms with Crippen LogP contribution in [0.2, 0.25) is 10.0 Å². The Morgan fingerprint density at radius 2 is 1.88 bits per heavy atom. The van der Waals surface area contributed by atoms with Crippen LogP contribution in [0.5, 0.6) is 0 Å². The Balaban J connectivity index is 1.88. The van der Waals surface area contributed by atoms with Crippen LogP contribution in [0.3, 0.4) is 0 Å². The van der Waals surface area contributed by atoms with Crippen molar-refractivity contribution in [3.05, 3.63) is 75.3 Å². The van der Waals surface area contributed by atoms with Crippen LogP contribution in [0, 0.1) is 5.92 Å². The number of para-hydroxylation sites is 1. The van der Waals surface area contributed by atoms with Gasteiger partial charge < -0.3 is 15.2 Å². The zero-order valence-electron chi connectivity index (χ0n) is 12.6. The highest BCUT2D eigenvalue weighted by Crippen LogP contribution is 2.51. The van der Waals surface area contributed by atoms with Crippen molar-refractivity contribution in [1.82, 2.24) is 0 Å². The Morgan fingerprint density at radius 1 is 1.12 bits per heavy atom. The summed E-state index contributed by atoms with van der Waals surface area (Å²) < 4.78 is 0. The molecule has 0 fully saturated rings. The molecule has 2 aromatic carbocycles. The Kier molecular flexibility index (Phi) is 3.78. The van der Waals surface area contributed by atoms with Crippen molar-refractivity contribution in [2.45, 2.75) is 18.4 Å². The fraction of sp³-hybridized carbons (Fsp3) is 0.211. The number of rotatable bonds is 2. The third kappa shape index (κ3) is 2.31. The van der Waals surface area contributed by atoms with Crippen molar-refractivity contribution in [1.29, 1.82) is 0 Å². The standard InChI is InChI=1S/C19H15Cl2NO2/c20-15-9-3-7-13(16(15)21)17-11-5-1-4-10(11)12-6-2-8-14(19(23)24)18(12)22-17/h1-4,6-11,17,22H,5H2,(H,23,24)/p-1/t10-,11-,17+/m0/s1. The Labute approximate surface area is 149 Å². The van der Waals surface area contributed by atoms with E-state index in [1.165, 1.54) is 0 Å². The molecule has 0 bridgehead atoms. The van der Waals surface area contributed by atoms with E-state index in [-0.39, 0.29) is 23.4 Å². The summed E-state index contributed by atoms with van der Waals surface area (Å²) in [7, 11) is 0. The van der Waals surface area contributed by atoms with Crippen LogP contribution in [-0.4, -0.2) is 5.97 Å². The molecule has 0 aromatic heterocycles. The Bertz CT molecular complexity index is 862. The van der Waals surface area contributed by atoms with Crippen LogP contribution in [0.15, 0.2) is 48.6 Å². The molecule has 2 aliphatic rings. The monoisotopic (exact) mass is 358 g/mol. The molecule has 24 heavy (non-hydrogen) atoms. The summed E-state index contributed by atoms with van der Waals surface area (Å²) in [6.45, 7) is 0. The maximum absolute atomic E-state index is 11.5. The lowest BCUT2D eigenvalue weighted by molar-refractivity contribution is -0.254. The third-order valence-electron chi connectivity index (χ3n) is 4.93. The predicted octanol–water partition coefficient (Wildman–Crippen LogP) is 4.18. The van der Waals surface area contributed by atoms with E-state index in [1.807, 2.05) is 18.2 Å². The molecule has 2 aromatic rings. The van der Waals surface area contributed by atoms with Crippen molar-refractivity contribution >= 4 is 34.9 Å². The van der Waals surface area contributed by atoms with Crippen molar-refractivity contribution in [2.75, 3.05) is 5.32 Å². The summed E-state index contributed by atoms with van der Waals surface area (Å²) in [6, 6.07) is 10.7. The molecule has 5 heteroatoms. The molecule has 0 unspecified atom stereocenters. The molecular weight excluding hydrogens is 345 g/mol. The van der Waals surface area contributed by atoms with Crippen LogP contribution in [0.25, 0.3) is 0 Å². The lowest BCUT2D eigenvalue weighted by Gasteiger charge is -2.39. The summed E-state index contributed by atoms with van der Waals surface area (Å²) >= 11 is 12.6. The number of halogens is 2. The van der Waals surface area contributed by atoms with E-state index in [0.29, 0.717) is 15.7 Å². The second-order valence-electron chi connectivity index (χ2n) is 6.18. The summed E-state index contributed by atoms with van der Waals surface area (Å²) in [5.41, 5.74) is 2.67.